The molecule has 4 atom stereocenters. The molecule has 1 rings (SSSR count). The predicted molar refractivity (Wildman–Crippen MR) is 113 cm³/mol. The Kier molecular flexibility index (Phi) is 15.9. The Labute approximate surface area is 172 Å². The highest BCUT2D eigenvalue weighted by molar-refractivity contribution is 4.88. The van der Waals surface area contributed by atoms with Crippen LogP contribution in [0.15, 0.2) is 12.2 Å². The molecule has 1 aliphatic rings. The van der Waals surface area contributed by atoms with Gasteiger partial charge in [-0.1, -0.05) is 70.4 Å². The largest absolute Gasteiger partial charge is 0.394 e. The zero-order chi connectivity index (χ0) is 20.5. The van der Waals surface area contributed by atoms with Gasteiger partial charge in [0.15, 0.2) is 0 Å². The van der Waals surface area contributed by atoms with Crippen molar-refractivity contribution >= 4 is 0 Å². The molecule has 0 aliphatic carbocycles. The van der Waals surface area contributed by atoms with Crippen LogP contribution < -0.4 is 0 Å². The molecule has 0 aromatic carbocycles. The van der Waals surface area contributed by atoms with Gasteiger partial charge in [-0.3, -0.25) is 0 Å². The fraction of sp³-hybridized carbons (Fsp3) is 0.913. The second kappa shape index (κ2) is 17.4. The molecule has 1 saturated heterocycles. The molecule has 0 bridgehead atoms. The first-order valence-corrected chi connectivity index (χ1v) is 11.6. The summed E-state index contributed by atoms with van der Waals surface area (Å²) < 4.78 is 11.0. The van der Waals surface area contributed by atoms with Crippen LogP contribution in [0.5, 0.6) is 0 Å². The van der Waals surface area contributed by atoms with Gasteiger partial charge in [0.05, 0.1) is 13.2 Å². The second-order valence-corrected chi connectivity index (χ2v) is 8.03. The monoisotopic (exact) mass is 400 g/mol. The van der Waals surface area contributed by atoms with Crippen LogP contribution in [-0.4, -0.2) is 59.6 Å². The summed E-state index contributed by atoms with van der Waals surface area (Å²) in [5, 5.41) is 28.7. The lowest BCUT2D eigenvalue weighted by molar-refractivity contribution is -0.101. The number of aliphatic hydroxyl groups is 3. The molecular formula is C23H44O5. The quantitative estimate of drug-likeness (QED) is 0.238. The average Bonchev–Trinajstić information content (AvgIpc) is 3.03. The summed E-state index contributed by atoms with van der Waals surface area (Å²) in [6.07, 6.45) is 18.0. The molecule has 28 heavy (non-hydrogen) atoms. The third-order valence-electron chi connectivity index (χ3n) is 5.47. The van der Waals surface area contributed by atoms with Gasteiger partial charge in [-0.05, 0) is 32.1 Å². The van der Waals surface area contributed by atoms with Crippen LogP contribution >= 0.6 is 0 Å². The van der Waals surface area contributed by atoms with Crippen molar-refractivity contribution in [3.63, 3.8) is 0 Å². The highest BCUT2D eigenvalue weighted by atomic mass is 16.6. The molecule has 1 aliphatic heterocycles. The van der Waals surface area contributed by atoms with Crippen molar-refractivity contribution in [1.82, 2.24) is 0 Å². The van der Waals surface area contributed by atoms with Gasteiger partial charge < -0.3 is 24.8 Å². The van der Waals surface area contributed by atoms with E-state index in [2.05, 4.69) is 19.1 Å². The van der Waals surface area contributed by atoms with E-state index in [0.717, 1.165) is 19.3 Å². The van der Waals surface area contributed by atoms with Gasteiger partial charge in [0.25, 0.3) is 0 Å². The number of aliphatic hydroxyl groups excluding tert-OH is 3. The van der Waals surface area contributed by atoms with Crippen molar-refractivity contribution in [2.45, 2.75) is 115 Å². The number of allylic oxidation sites excluding steroid dienone is 2. The zero-order valence-corrected chi connectivity index (χ0v) is 17.9. The van der Waals surface area contributed by atoms with Crippen molar-refractivity contribution < 1.29 is 24.8 Å². The van der Waals surface area contributed by atoms with Crippen LogP contribution in [0.2, 0.25) is 0 Å². The minimum atomic E-state index is -0.985. The first-order chi connectivity index (χ1) is 13.7. The van der Waals surface area contributed by atoms with Gasteiger partial charge in [-0.2, -0.15) is 0 Å². The lowest BCUT2D eigenvalue weighted by Crippen LogP contribution is -2.42. The van der Waals surface area contributed by atoms with E-state index in [0.29, 0.717) is 6.61 Å². The third kappa shape index (κ3) is 11.5. The Bertz CT molecular complexity index is 374. The fourth-order valence-electron chi connectivity index (χ4n) is 3.61. The molecule has 0 saturated carbocycles. The number of unbranched alkanes of at least 4 members (excludes halogenated alkanes) is 11. The summed E-state index contributed by atoms with van der Waals surface area (Å²) in [5.41, 5.74) is 0. The first kappa shape index (κ1) is 25.6. The maximum absolute atomic E-state index is 9.82. The van der Waals surface area contributed by atoms with E-state index >= 15 is 0 Å². The topological polar surface area (TPSA) is 79.2 Å². The molecule has 1 fully saturated rings. The third-order valence-corrected chi connectivity index (χ3v) is 5.47. The van der Waals surface area contributed by atoms with E-state index in [9.17, 15) is 15.3 Å². The molecule has 0 aromatic heterocycles. The van der Waals surface area contributed by atoms with E-state index in [1.54, 1.807) is 0 Å². The van der Waals surface area contributed by atoms with Gasteiger partial charge in [0, 0.05) is 6.61 Å². The van der Waals surface area contributed by atoms with Crippen LogP contribution in [0.3, 0.4) is 0 Å². The highest BCUT2D eigenvalue weighted by Gasteiger charge is 2.40. The Morgan fingerprint density at radius 2 is 1.46 bits per heavy atom. The van der Waals surface area contributed by atoms with E-state index in [-0.39, 0.29) is 13.2 Å². The summed E-state index contributed by atoms with van der Waals surface area (Å²) in [4.78, 5) is 0. The van der Waals surface area contributed by atoms with Crippen LogP contribution in [0.25, 0.3) is 0 Å². The van der Waals surface area contributed by atoms with Crippen molar-refractivity contribution in [3.05, 3.63) is 12.2 Å². The molecule has 3 N–H and O–H groups in total. The number of ether oxygens (including phenoxy) is 2. The van der Waals surface area contributed by atoms with Crippen molar-refractivity contribution in [2.75, 3.05) is 19.8 Å². The van der Waals surface area contributed by atoms with E-state index < -0.39 is 24.4 Å². The van der Waals surface area contributed by atoms with E-state index in [1.165, 1.54) is 64.2 Å². The van der Waals surface area contributed by atoms with Gasteiger partial charge in [0.2, 0.25) is 0 Å². The summed E-state index contributed by atoms with van der Waals surface area (Å²) in [7, 11) is 0. The SMILES string of the molecule is CCCCCCCCCCC/C=C/CCCCO[C@H](CO)[C@@H]1OC[C@H](O)[C@@H]1O. The Morgan fingerprint density at radius 3 is 2.00 bits per heavy atom. The molecule has 0 unspecified atom stereocenters. The standard InChI is InChI=1S/C23H44O5/c1-2-3-4-5-6-7-8-9-10-11-12-13-14-15-16-17-27-21(18-24)23-22(26)20(25)19-28-23/h12-13,20-26H,2-11,14-19H2,1H3/b13-12+/t20-,21+,22-,23-/m0/s1. The van der Waals surface area contributed by atoms with E-state index in [1.807, 2.05) is 0 Å². The van der Waals surface area contributed by atoms with Crippen molar-refractivity contribution in [2.24, 2.45) is 0 Å². The number of rotatable bonds is 18. The minimum absolute atomic E-state index is 0.0927. The molecule has 1 heterocycles. The molecule has 0 spiro atoms. The fourth-order valence-corrected chi connectivity index (χ4v) is 3.61. The van der Waals surface area contributed by atoms with E-state index in [4.69, 9.17) is 9.47 Å². The zero-order valence-electron chi connectivity index (χ0n) is 17.9. The van der Waals surface area contributed by atoms with Gasteiger partial charge >= 0.3 is 0 Å². The van der Waals surface area contributed by atoms with Crippen molar-refractivity contribution in [1.29, 1.82) is 0 Å². The summed E-state index contributed by atoms with van der Waals surface area (Å²) in [6.45, 7) is 2.67. The lowest BCUT2D eigenvalue weighted by Gasteiger charge is -2.24. The Balaban J connectivity index is 1.89. The summed E-state index contributed by atoms with van der Waals surface area (Å²) >= 11 is 0. The van der Waals surface area contributed by atoms with Crippen LogP contribution in [0.4, 0.5) is 0 Å². The lowest BCUT2D eigenvalue weighted by atomic mass is 10.1. The number of hydrogen-bond acceptors (Lipinski definition) is 5. The second-order valence-electron chi connectivity index (χ2n) is 8.03. The Morgan fingerprint density at radius 1 is 0.893 bits per heavy atom. The maximum Gasteiger partial charge on any atom is 0.114 e. The minimum Gasteiger partial charge on any atom is -0.394 e. The van der Waals surface area contributed by atoms with Crippen LogP contribution in [-0.2, 0) is 9.47 Å². The molecule has 0 radical (unpaired) electrons. The molecule has 0 amide bonds. The van der Waals surface area contributed by atoms with Crippen LogP contribution in [0, 0.1) is 0 Å². The molecule has 5 heteroatoms. The smallest absolute Gasteiger partial charge is 0.114 e. The van der Waals surface area contributed by atoms with Gasteiger partial charge in [0.1, 0.15) is 24.4 Å². The molecule has 5 nitrogen and oxygen atoms in total. The normalized spacial score (nSPS) is 23.6. The van der Waals surface area contributed by atoms with Gasteiger partial charge in [-0.15, -0.1) is 0 Å². The summed E-state index contributed by atoms with van der Waals surface area (Å²) in [6, 6.07) is 0. The predicted octanol–water partition coefficient (Wildman–Crippen LogP) is 4.13. The van der Waals surface area contributed by atoms with Crippen LogP contribution in [0.1, 0.15) is 90.4 Å². The average molecular weight is 401 g/mol. The summed E-state index contributed by atoms with van der Waals surface area (Å²) in [5.74, 6) is 0. The first-order valence-electron chi connectivity index (χ1n) is 11.6. The van der Waals surface area contributed by atoms with Crippen molar-refractivity contribution in [3.8, 4) is 0 Å². The van der Waals surface area contributed by atoms with Gasteiger partial charge in [-0.25, -0.2) is 0 Å². The number of hydrogen-bond donors (Lipinski definition) is 3. The molecule has 166 valence electrons. The Hall–Kier alpha value is -0.460. The highest BCUT2D eigenvalue weighted by Crippen LogP contribution is 2.19. The maximum atomic E-state index is 9.82. The molecular weight excluding hydrogens is 356 g/mol. The molecule has 0 aromatic rings.